The molecule has 1 aromatic heterocycles. The molecule has 0 fully saturated rings. The molecule has 1 N–H and O–H groups in total. The minimum absolute atomic E-state index is 0.159. The van der Waals surface area contributed by atoms with Crippen LogP contribution in [0.2, 0.25) is 0 Å². The van der Waals surface area contributed by atoms with E-state index in [0.29, 0.717) is 59.9 Å². The number of hydrogen-bond acceptors (Lipinski definition) is 7. The summed E-state index contributed by atoms with van der Waals surface area (Å²) in [6.07, 6.45) is 0.542. The maximum atomic E-state index is 12.2. The number of benzene rings is 2. The third-order valence-electron chi connectivity index (χ3n) is 4.20. The van der Waals surface area contributed by atoms with Gasteiger partial charge in [0.25, 0.3) is 5.89 Å². The number of aromatic nitrogens is 2. The fourth-order valence-electron chi connectivity index (χ4n) is 2.85. The summed E-state index contributed by atoms with van der Waals surface area (Å²) in [5.41, 5.74) is 1.36. The molecule has 144 valence electrons. The second-order valence-electron chi connectivity index (χ2n) is 6.11. The summed E-state index contributed by atoms with van der Waals surface area (Å²) in [7, 11) is 1.58. The number of nitrogens with one attached hydrogen (secondary N) is 1. The van der Waals surface area contributed by atoms with Gasteiger partial charge in [0.1, 0.15) is 19.0 Å². The van der Waals surface area contributed by atoms with Crippen molar-refractivity contribution >= 4 is 11.6 Å². The van der Waals surface area contributed by atoms with Crippen molar-refractivity contribution in [3.05, 3.63) is 48.4 Å². The topological polar surface area (TPSA) is 95.7 Å². The Morgan fingerprint density at radius 2 is 1.93 bits per heavy atom. The summed E-state index contributed by atoms with van der Waals surface area (Å²) in [5, 5.41) is 10.9. The maximum absolute atomic E-state index is 12.2. The van der Waals surface area contributed by atoms with E-state index in [2.05, 4.69) is 15.5 Å². The van der Waals surface area contributed by atoms with Crippen molar-refractivity contribution in [3.8, 4) is 28.7 Å². The molecule has 0 spiro atoms. The summed E-state index contributed by atoms with van der Waals surface area (Å²) >= 11 is 0. The van der Waals surface area contributed by atoms with E-state index in [9.17, 15) is 4.79 Å². The standard InChI is InChI=1S/C20H19N3O5/c1-25-15-5-3-2-4-14(15)20-23-22-19(28-20)9-8-18(24)21-13-6-7-16-17(12-13)27-11-10-26-16/h2-7,12H,8-11H2,1H3,(H,21,24). The number of rotatable bonds is 6. The van der Waals surface area contributed by atoms with Gasteiger partial charge >= 0.3 is 0 Å². The van der Waals surface area contributed by atoms with Crippen molar-refractivity contribution in [2.45, 2.75) is 12.8 Å². The van der Waals surface area contributed by atoms with E-state index in [0.717, 1.165) is 0 Å². The highest BCUT2D eigenvalue weighted by atomic mass is 16.6. The molecule has 3 aromatic rings. The van der Waals surface area contributed by atoms with Crippen LogP contribution in [-0.2, 0) is 11.2 Å². The Morgan fingerprint density at radius 1 is 1.11 bits per heavy atom. The largest absolute Gasteiger partial charge is 0.496 e. The van der Waals surface area contributed by atoms with Gasteiger partial charge in [-0.2, -0.15) is 0 Å². The van der Waals surface area contributed by atoms with Gasteiger partial charge in [0.2, 0.25) is 11.8 Å². The number of nitrogens with zero attached hydrogens (tertiary/aromatic N) is 2. The molecule has 8 nitrogen and oxygen atoms in total. The molecular weight excluding hydrogens is 362 g/mol. The smallest absolute Gasteiger partial charge is 0.251 e. The van der Waals surface area contributed by atoms with Crippen LogP contribution in [-0.4, -0.2) is 36.4 Å². The molecule has 0 radical (unpaired) electrons. The Balaban J connectivity index is 1.36. The number of carbonyl (C=O) groups excluding carboxylic acids is 1. The fourth-order valence-corrected chi connectivity index (χ4v) is 2.85. The molecule has 0 aliphatic carbocycles. The number of ether oxygens (including phenoxy) is 3. The van der Waals surface area contributed by atoms with Gasteiger partial charge in [-0.05, 0) is 24.3 Å². The first-order valence-electron chi connectivity index (χ1n) is 8.88. The second kappa shape index (κ2) is 7.99. The zero-order valence-corrected chi connectivity index (χ0v) is 15.3. The average molecular weight is 381 g/mol. The molecule has 28 heavy (non-hydrogen) atoms. The summed E-state index contributed by atoms with van der Waals surface area (Å²) in [6.45, 7) is 1.02. The molecule has 2 aromatic carbocycles. The Bertz CT molecular complexity index is 985. The molecule has 0 bridgehead atoms. The quantitative estimate of drug-likeness (QED) is 0.701. The lowest BCUT2D eigenvalue weighted by atomic mass is 10.2. The van der Waals surface area contributed by atoms with E-state index >= 15 is 0 Å². The zero-order valence-electron chi connectivity index (χ0n) is 15.3. The van der Waals surface area contributed by atoms with Gasteiger partial charge in [0, 0.05) is 24.6 Å². The van der Waals surface area contributed by atoms with Gasteiger partial charge in [0.15, 0.2) is 11.5 Å². The van der Waals surface area contributed by atoms with E-state index in [1.165, 1.54) is 0 Å². The van der Waals surface area contributed by atoms with Gasteiger partial charge in [0.05, 0.1) is 12.7 Å². The Labute approximate surface area is 161 Å². The van der Waals surface area contributed by atoms with Gasteiger partial charge in [-0.3, -0.25) is 4.79 Å². The highest BCUT2D eigenvalue weighted by Gasteiger charge is 2.15. The highest BCUT2D eigenvalue weighted by Crippen LogP contribution is 2.32. The van der Waals surface area contributed by atoms with Crippen molar-refractivity contribution < 1.29 is 23.4 Å². The van der Waals surface area contributed by atoms with Crippen LogP contribution < -0.4 is 19.5 Å². The van der Waals surface area contributed by atoms with E-state index < -0.39 is 0 Å². The third-order valence-corrected chi connectivity index (χ3v) is 4.20. The van der Waals surface area contributed by atoms with E-state index in [4.69, 9.17) is 18.6 Å². The van der Waals surface area contributed by atoms with Gasteiger partial charge in [-0.15, -0.1) is 10.2 Å². The first kappa shape index (κ1) is 17.8. The maximum Gasteiger partial charge on any atom is 0.251 e. The van der Waals surface area contributed by atoms with Gasteiger partial charge in [-0.1, -0.05) is 12.1 Å². The van der Waals surface area contributed by atoms with Crippen molar-refractivity contribution in [3.63, 3.8) is 0 Å². The predicted octanol–water partition coefficient (Wildman–Crippen LogP) is 3.09. The number of anilines is 1. The number of carbonyl (C=O) groups is 1. The van der Waals surface area contributed by atoms with Crippen LogP contribution in [0.25, 0.3) is 11.5 Å². The lowest BCUT2D eigenvalue weighted by molar-refractivity contribution is -0.116. The SMILES string of the molecule is COc1ccccc1-c1nnc(CCC(=O)Nc2ccc3c(c2)OCCO3)o1. The van der Waals surface area contributed by atoms with Crippen LogP contribution in [0, 0.1) is 0 Å². The Morgan fingerprint density at radius 3 is 2.79 bits per heavy atom. The minimum atomic E-state index is -0.159. The number of methoxy groups -OCH3 is 1. The Kier molecular flexibility index (Phi) is 5.09. The molecule has 0 saturated heterocycles. The number of fused-ring (bicyclic) bond motifs is 1. The van der Waals surface area contributed by atoms with Crippen molar-refractivity contribution in [2.75, 3.05) is 25.6 Å². The molecular formula is C20H19N3O5. The summed E-state index contributed by atoms with van der Waals surface area (Å²) < 4.78 is 22.0. The third kappa shape index (κ3) is 3.90. The summed E-state index contributed by atoms with van der Waals surface area (Å²) in [5.74, 6) is 2.54. The zero-order chi connectivity index (χ0) is 19.3. The van der Waals surface area contributed by atoms with Crippen molar-refractivity contribution in [2.24, 2.45) is 0 Å². The highest BCUT2D eigenvalue weighted by molar-refractivity contribution is 5.91. The lowest BCUT2D eigenvalue weighted by Gasteiger charge is -2.18. The van der Waals surface area contributed by atoms with Gasteiger partial charge < -0.3 is 23.9 Å². The number of aryl methyl sites for hydroxylation is 1. The van der Waals surface area contributed by atoms with Crippen molar-refractivity contribution in [1.29, 1.82) is 0 Å². The number of hydrogen-bond donors (Lipinski definition) is 1. The number of amides is 1. The van der Waals surface area contributed by atoms with E-state index in [-0.39, 0.29) is 12.3 Å². The van der Waals surface area contributed by atoms with E-state index in [1.54, 1.807) is 25.3 Å². The minimum Gasteiger partial charge on any atom is -0.496 e. The Hall–Kier alpha value is -3.55. The normalized spacial score (nSPS) is 12.5. The van der Waals surface area contributed by atoms with Crippen LogP contribution in [0.15, 0.2) is 46.9 Å². The molecule has 0 atom stereocenters. The van der Waals surface area contributed by atoms with Crippen LogP contribution in [0.5, 0.6) is 17.2 Å². The summed E-state index contributed by atoms with van der Waals surface area (Å²) in [4.78, 5) is 12.2. The first-order chi connectivity index (χ1) is 13.7. The molecule has 1 amide bonds. The molecule has 2 heterocycles. The molecule has 0 saturated carbocycles. The van der Waals surface area contributed by atoms with E-state index in [1.807, 2.05) is 24.3 Å². The van der Waals surface area contributed by atoms with Crippen LogP contribution in [0.1, 0.15) is 12.3 Å². The fraction of sp³-hybridized carbons (Fsp3) is 0.250. The van der Waals surface area contributed by atoms with Crippen molar-refractivity contribution in [1.82, 2.24) is 10.2 Å². The lowest BCUT2D eigenvalue weighted by Crippen LogP contribution is -2.16. The van der Waals surface area contributed by atoms with Crippen LogP contribution in [0.4, 0.5) is 5.69 Å². The van der Waals surface area contributed by atoms with Gasteiger partial charge in [-0.25, -0.2) is 0 Å². The molecule has 1 aliphatic rings. The number of para-hydroxylation sites is 1. The average Bonchev–Trinajstić information content (AvgIpc) is 3.21. The molecule has 0 unspecified atom stereocenters. The second-order valence-corrected chi connectivity index (χ2v) is 6.11. The summed E-state index contributed by atoms with van der Waals surface area (Å²) in [6, 6.07) is 12.7. The van der Waals surface area contributed by atoms with Crippen LogP contribution in [0.3, 0.4) is 0 Å². The molecule has 4 rings (SSSR count). The molecule has 1 aliphatic heterocycles. The van der Waals surface area contributed by atoms with Crippen LogP contribution >= 0.6 is 0 Å². The monoisotopic (exact) mass is 381 g/mol. The molecule has 8 heteroatoms. The predicted molar refractivity (Wildman–Crippen MR) is 101 cm³/mol. The first-order valence-corrected chi connectivity index (χ1v) is 8.88.